The van der Waals surface area contributed by atoms with Gasteiger partial charge in [0.1, 0.15) is 6.04 Å². The summed E-state index contributed by atoms with van der Waals surface area (Å²) < 4.78 is 0. The predicted molar refractivity (Wildman–Crippen MR) is 68.4 cm³/mol. The first-order valence-electron chi connectivity index (χ1n) is 6.34. The topological polar surface area (TPSA) is 81.7 Å². The minimum Gasteiger partial charge on any atom is -0.480 e. The molecule has 1 rings (SSSR count). The van der Waals surface area contributed by atoms with Crippen LogP contribution in [0.3, 0.4) is 0 Å². The third-order valence-corrected chi connectivity index (χ3v) is 3.03. The normalized spacial score (nSPS) is 18.2. The lowest BCUT2D eigenvalue weighted by Crippen LogP contribution is -2.49. The Labute approximate surface area is 108 Å². The summed E-state index contributed by atoms with van der Waals surface area (Å²) in [6.07, 6.45) is 2.60. The zero-order valence-electron chi connectivity index (χ0n) is 11.3. The first-order chi connectivity index (χ1) is 8.40. The summed E-state index contributed by atoms with van der Waals surface area (Å²) in [6, 6.07) is -1.10. The SMILES string of the molecule is CC(CCN(C)C)NC(=O)NC(C(=O)O)C1CC1. The predicted octanol–water partition coefficient (Wildman–Crippen LogP) is 0.489. The average molecular weight is 257 g/mol. The molecule has 3 N–H and O–H groups in total. The highest BCUT2D eigenvalue weighted by Gasteiger charge is 2.37. The number of hydrogen-bond acceptors (Lipinski definition) is 3. The molecular weight excluding hydrogens is 234 g/mol. The van der Waals surface area contributed by atoms with Crippen molar-refractivity contribution in [3.05, 3.63) is 0 Å². The molecule has 104 valence electrons. The Hall–Kier alpha value is -1.30. The minimum absolute atomic E-state index is 0.0287. The van der Waals surface area contributed by atoms with Gasteiger partial charge in [-0.1, -0.05) is 0 Å². The average Bonchev–Trinajstić information content (AvgIpc) is 3.06. The second kappa shape index (κ2) is 6.58. The molecule has 0 aromatic carbocycles. The second-order valence-electron chi connectivity index (χ2n) is 5.26. The van der Waals surface area contributed by atoms with E-state index in [1.807, 2.05) is 25.9 Å². The molecule has 2 amide bonds. The van der Waals surface area contributed by atoms with Crippen LogP contribution in [0.5, 0.6) is 0 Å². The number of carboxylic acid groups (broad SMARTS) is 1. The van der Waals surface area contributed by atoms with E-state index in [-0.39, 0.29) is 18.0 Å². The molecular formula is C12H23N3O3. The van der Waals surface area contributed by atoms with Gasteiger partial charge in [0.25, 0.3) is 0 Å². The first-order valence-corrected chi connectivity index (χ1v) is 6.34. The highest BCUT2D eigenvalue weighted by Crippen LogP contribution is 2.32. The van der Waals surface area contributed by atoms with E-state index >= 15 is 0 Å². The number of carbonyl (C=O) groups is 2. The fourth-order valence-corrected chi connectivity index (χ4v) is 1.74. The molecule has 6 nitrogen and oxygen atoms in total. The molecule has 0 aliphatic heterocycles. The minimum atomic E-state index is -0.950. The van der Waals surface area contributed by atoms with Crippen LogP contribution < -0.4 is 10.6 Å². The first kappa shape index (κ1) is 14.8. The molecule has 0 aromatic rings. The molecule has 18 heavy (non-hydrogen) atoms. The van der Waals surface area contributed by atoms with Gasteiger partial charge in [0.05, 0.1) is 0 Å². The zero-order valence-corrected chi connectivity index (χ0v) is 11.3. The summed E-state index contributed by atoms with van der Waals surface area (Å²) in [7, 11) is 3.95. The molecule has 2 unspecified atom stereocenters. The summed E-state index contributed by atoms with van der Waals surface area (Å²) in [4.78, 5) is 24.7. The number of nitrogens with one attached hydrogen (secondary N) is 2. The molecule has 1 aliphatic carbocycles. The van der Waals surface area contributed by atoms with Crippen molar-refractivity contribution in [1.29, 1.82) is 0 Å². The van der Waals surface area contributed by atoms with E-state index in [1.165, 1.54) is 0 Å². The van der Waals surface area contributed by atoms with Gasteiger partial charge in [-0.15, -0.1) is 0 Å². The number of aliphatic carboxylic acids is 1. The van der Waals surface area contributed by atoms with E-state index in [4.69, 9.17) is 5.11 Å². The van der Waals surface area contributed by atoms with Gasteiger partial charge < -0.3 is 20.6 Å². The molecule has 0 radical (unpaired) electrons. The fraction of sp³-hybridized carbons (Fsp3) is 0.833. The third-order valence-electron chi connectivity index (χ3n) is 3.03. The van der Waals surface area contributed by atoms with E-state index in [0.29, 0.717) is 0 Å². The van der Waals surface area contributed by atoms with Gasteiger partial charge in [-0.3, -0.25) is 0 Å². The molecule has 6 heteroatoms. The lowest BCUT2D eigenvalue weighted by molar-refractivity contribution is -0.139. The van der Waals surface area contributed by atoms with E-state index < -0.39 is 12.0 Å². The van der Waals surface area contributed by atoms with Gasteiger partial charge in [0.2, 0.25) is 0 Å². The smallest absolute Gasteiger partial charge is 0.326 e. The highest BCUT2D eigenvalue weighted by molar-refractivity contribution is 5.83. The number of carbonyl (C=O) groups excluding carboxylic acids is 1. The van der Waals surface area contributed by atoms with Crippen molar-refractivity contribution in [1.82, 2.24) is 15.5 Å². The molecule has 0 heterocycles. The zero-order chi connectivity index (χ0) is 13.7. The van der Waals surface area contributed by atoms with Crippen LogP contribution in [0.2, 0.25) is 0 Å². The van der Waals surface area contributed by atoms with Crippen LogP contribution in [0, 0.1) is 5.92 Å². The molecule has 1 fully saturated rings. The monoisotopic (exact) mass is 257 g/mol. The van der Waals surface area contributed by atoms with Gasteiger partial charge in [-0.2, -0.15) is 0 Å². The van der Waals surface area contributed by atoms with Gasteiger partial charge in [-0.05, 0) is 52.7 Å². The van der Waals surface area contributed by atoms with Crippen LogP contribution in [0.25, 0.3) is 0 Å². The maximum atomic E-state index is 11.6. The largest absolute Gasteiger partial charge is 0.480 e. The summed E-state index contributed by atoms with van der Waals surface area (Å²) in [6.45, 7) is 2.79. The Bertz CT molecular complexity index is 303. The van der Waals surface area contributed by atoms with E-state index in [1.54, 1.807) is 0 Å². The third kappa shape index (κ3) is 5.35. The standard InChI is InChI=1S/C12H23N3O3/c1-8(6-7-15(2)3)13-12(18)14-10(11(16)17)9-4-5-9/h8-10H,4-7H2,1-3H3,(H,16,17)(H2,13,14,18). The van der Waals surface area contributed by atoms with Crippen molar-refractivity contribution in [2.24, 2.45) is 5.92 Å². The van der Waals surface area contributed by atoms with Crippen molar-refractivity contribution in [3.63, 3.8) is 0 Å². The van der Waals surface area contributed by atoms with Crippen molar-refractivity contribution >= 4 is 12.0 Å². The Morgan fingerprint density at radius 3 is 2.39 bits per heavy atom. The van der Waals surface area contributed by atoms with Gasteiger partial charge in [0.15, 0.2) is 0 Å². The van der Waals surface area contributed by atoms with Gasteiger partial charge in [0, 0.05) is 6.04 Å². The highest BCUT2D eigenvalue weighted by atomic mass is 16.4. The number of carboxylic acids is 1. The van der Waals surface area contributed by atoms with E-state index in [2.05, 4.69) is 10.6 Å². The Balaban J connectivity index is 2.29. The summed E-state index contributed by atoms with van der Waals surface area (Å²) in [5, 5.41) is 14.3. The number of rotatable bonds is 7. The maximum absolute atomic E-state index is 11.6. The van der Waals surface area contributed by atoms with Crippen LogP contribution in [0.4, 0.5) is 4.79 Å². The molecule has 0 bridgehead atoms. The molecule has 0 spiro atoms. The lowest BCUT2D eigenvalue weighted by atomic mass is 10.2. The van der Waals surface area contributed by atoms with Crippen LogP contribution in [-0.4, -0.2) is 54.7 Å². The van der Waals surface area contributed by atoms with Crippen LogP contribution >= 0.6 is 0 Å². The lowest BCUT2D eigenvalue weighted by Gasteiger charge is -2.19. The fourth-order valence-electron chi connectivity index (χ4n) is 1.74. The molecule has 2 atom stereocenters. The number of amides is 2. The quantitative estimate of drug-likeness (QED) is 0.620. The van der Waals surface area contributed by atoms with Crippen LogP contribution in [-0.2, 0) is 4.79 Å². The second-order valence-corrected chi connectivity index (χ2v) is 5.26. The Kier molecular flexibility index (Phi) is 5.40. The molecule has 0 aromatic heterocycles. The Morgan fingerprint density at radius 1 is 1.33 bits per heavy atom. The molecule has 0 saturated heterocycles. The number of hydrogen-bond donors (Lipinski definition) is 3. The Morgan fingerprint density at radius 2 is 1.94 bits per heavy atom. The van der Waals surface area contributed by atoms with Crippen molar-refractivity contribution in [3.8, 4) is 0 Å². The van der Waals surface area contributed by atoms with Crippen molar-refractivity contribution < 1.29 is 14.7 Å². The summed E-state index contributed by atoms with van der Waals surface area (Å²) in [5.74, 6) is -0.848. The summed E-state index contributed by atoms with van der Waals surface area (Å²) >= 11 is 0. The van der Waals surface area contributed by atoms with Crippen LogP contribution in [0.1, 0.15) is 26.2 Å². The molecule has 1 aliphatic rings. The maximum Gasteiger partial charge on any atom is 0.326 e. The van der Waals surface area contributed by atoms with Crippen LogP contribution in [0.15, 0.2) is 0 Å². The van der Waals surface area contributed by atoms with E-state index in [9.17, 15) is 9.59 Å². The van der Waals surface area contributed by atoms with Crippen molar-refractivity contribution in [2.45, 2.75) is 38.3 Å². The van der Waals surface area contributed by atoms with Crippen molar-refractivity contribution in [2.75, 3.05) is 20.6 Å². The van der Waals surface area contributed by atoms with E-state index in [0.717, 1.165) is 25.8 Å². The van der Waals surface area contributed by atoms with Gasteiger partial charge in [-0.25, -0.2) is 9.59 Å². The molecule has 1 saturated carbocycles. The van der Waals surface area contributed by atoms with Gasteiger partial charge >= 0.3 is 12.0 Å². The number of urea groups is 1. The number of nitrogens with zero attached hydrogens (tertiary/aromatic N) is 1. The summed E-state index contributed by atoms with van der Waals surface area (Å²) in [5.41, 5.74) is 0.